The lowest BCUT2D eigenvalue weighted by Gasteiger charge is -2.21. The molecule has 1 fully saturated rings. The zero-order chi connectivity index (χ0) is 19.6. The molecule has 1 aromatic rings. The highest BCUT2D eigenvalue weighted by Crippen LogP contribution is 2.17. The van der Waals surface area contributed by atoms with E-state index in [2.05, 4.69) is 27.1 Å². The molecule has 0 unspecified atom stereocenters. The molecule has 1 saturated heterocycles. The van der Waals surface area contributed by atoms with E-state index in [1.807, 2.05) is 0 Å². The van der Waals surface area contributed by atoms with Gasteiger partial charge in [0.25, 0.3) is 5.91 Å². The molecule has 1 aliphatic rings. The molecule has 8 nitrogen and oxygen atoms in total. The van der Waals surface area contributed by atoms with Crippen LogP contribution in [0.2, 0.25) is 0 Å². The molecule has 146 valence electrons. The van der Waals surface area contributed by atoms with E-state index in [0.29, 0.717) is 0 Å². The highest BCUT2D eigenvalue weighted by atomic mass is 16.5. The van der Waals surface area contributed by atoms with Crippen molar-refractivity contribution in [1.29, 1.82) is 0 Å². The molecule has 2 heterocycles. The highest BCUT2D eigenvalue weighted by molar-refractivity contribution is 5.98. The Kier molecular flexibility index (Phi) is 7.79. The quantitative estimate of drug-likeness (QED) is 0.584. The molecule has 1 atom stereocenters. The SMILES string of the molecule is C=CCNC(=O)NC(=O)[C@@H](C)OC(=O)c1ccc(N2CCCCCC2)nc1. The number of esters is 1. The van der Waals surface area contributed by atoms with Crippen LogP contribution in [-0.4, -0.2) is 48.6 Å². The van der Waals surface area contributed by atoms with E-state index in [0.717, 1.165) is 31.7 Å². The fourth-order valence-electron chi connectivity index (χ4n) is 2.70. The molecule has 8 heteroatoms. The molecule has 1 aliphatic heterocycles. The van der Waals surface area contributed by atoms with Crippen LogP contribution in [0.4, 0.5) is 10.6 Å². The van der Waals surface area contributed by atoms with Crippen LogP contribution >= 0.6 is 0 Å². The number of nitrogens with one attached hydrogen (secondary N) is 2. The number of amides is 3. The van der Waals surface area contributed by atoms with Crippen molar-refractivity contribution in [3.05, 3.63) is 36.5 Å². The summed E-state index contributed by atoms with van der Waals surface area (Å²) >= 11 is 0. The van der Waals surface area contributed by atoms with Crippen molar-refractivity contribution in [2.75, 3.05) is 24.5 Å². The Morgan fingerprint density at radius 3 is 2.56 bits per heavy atom. The van der Waals surface area contributed by atoms with Gasteiger partial charge in [0.15, 0.2) is 6.10 Å². The van der Waals surface area contributed by atoms with E-state index in [4.69, 9.17) is 4.74 Å². The first-order valence-corrected chi connectivity index (χ1v) is 9.13. The fraction of sp³-hybridized carbons (Fsp3) is 0.474. The molecular weight excluding hydrogens is 348 g/mol. The first-order chi connectivity index (χ1) is 13.0. The summed E-state index contributed by atoms with van der Waals surface area (Å²) in [5.74, 6) is -0.545. The van der Waals surface area contributed by atoms with Crippen molar-refractivity contribution in [3.8, 4) is 0 Å². The number of carbonyl (C=O) groups excluding carboxylic acids is 3. The molecule has 0 radical (unpaired) electrons. The minimum absolute atomic E-state index is 0.225. The standard InChI is InChI=1S/C19H26N4O4/c1-3-10-20-19(26)22-17(24)14(2)27-18(25)15-8-9-16(21-13-15)23-11-6-4-5-7-12-23/h3,8-9,13-14H,1,4-7,10-12H2,2H3,(H2,20,22,24,26)/t14-/m1/s1. The van der Waals surface area contributed by atoms with E-state index in [1.165, 1.54) is 32.0 Å². The second-order valence-corrected chi connectivity index (χ2v) is 6.34. The van der Waals surface area contributed by atoms with E-state index in [-0.39, 0.29) is 12.1 Å². The van der Waals surface area contributed by atoms with Gasteiger partial charge in [0.1, 0.15) is 5.82 Å². The van der Waals surface area contributed by atoms with Gasteiger partial charge in [0, 0.05) is 25.8 Å². The van der Waals surface area contributed by atoms with Crippen molar-refractivity contribution in [3.63, 3.8) is 0 Å². The van der Waals surface area contributed by atoms with E-state index < -0.39 is 24.0 Å². The molecule has 27 heavy (non-hydrogen) atoms. The molecule has 0 spiro atoms. The van der Waals surface area contributed by atoms with Crippen molar-refractivity contribution in [1.82, 2.24) is 15.6 Å². The van der Waals surface area contributed by atoms with Crippen LogP contribution in [0.15, 0.2) is 31.0 Å². The summed E-state index contributed by atoms with van der Waals surface area (Å²) in [5.41, 5.74) is 0.254. The summed E-state index contributed by atoms with van der Waals surface area (Å²) in [7, 11) is 0. The largest absolute Gasteiger partial charge is 0.449 e. The van der Waals surface area contributed by atoms with Crippen molar-refractivity contribution >= 4 is 23.7 Å². The third kappa shape index (κ3) is 6.40. The maximum Gasteiger partial charge on any atom is 0.340 e. The summed E-state index contributed by atoms with van der Waals surface area (Å²) in [4.78, 5) is 42.1. The third-order valence-corrected chi connectivity index (χ3v) is 4.21. The summed E-state index contributed by atoms with van der Waals surface area (Å²) in [5, 5.41) is 4.49. The number of pyridine rings is 1. The average Bonchev–Trinajstić information content (AvgIpc) is 2.95. The summed E-state index contributed by atoms with van der Waals surface area (Å²) in [6, 6.07) is 2.75. The number of carbonyl (C=O) groups is 3. The maximum absolute atomic E-state index is 12.2. The zero-order valence-corrected chi connectivity index (χ0v) is 15.6. The summed E-state index contributed by atoms with van der Waals surface area (Å²) < 4.78 is 5.10. The molecule has 3 amide bonds. The minimum atomic E-state index is -1.11. The maximum atomic E-state index is 12.2. The van der Waals surface area contributed by atoms with Gasteiger partial charge in [0.2, 0.25) is 0 Å². The summed E-state index contributed by atoms with van der Waals surface area (Å²) in [6.45, 7) is 7.00. The highest BCUT2D eigenvalue weighted by Gasteiger charge is 2.21. The van der Waals surface area contributed by atoms with Gasteiger partial charge in [-0.2, -0.15) is 0 Å². The number of rotatable bonds is 6. The number of hydrogen-bond donors (Lipinski definition) is 2. The molecule has 0 bridgehead atoms. The molecule has 1 aromatic heterocycles. The first kappa shape index (κ1) is 20.4. The zero-order valence-electron chi connectivity index (χ0n) is 15.6. The lowest BCUT2D eigenvalue weighted by atomic mass is 10.2. The topological polar surface area (TPSA) is 101 Å². The third-order valence-electron chi connectivity index (χ3n) is 4.21. The van der Waals surface area contributed by atoms with Crippen LogP contribution in [-0.2, 0) is 9.53 Å². The lowest BCUT2D eigenvalue weighted by molar-refractivity contribution is -0.127. The van der Waals surface area contributed by atoms with Crippen molar-refractivity contribution in [2.45, 2.75) is 38.7 Å². The van der Waals surface area contributed by atoms with Crippen LogP contribution in [0.1, 0.15) is 43.0 Å². The van der Waals surface area contributed by atoms with Gasteiger partial charge in [-0.05, 0) is 31.9 Å². The van der Waals surface area contributed by atoms with Crippen LogP contribution in [0.5, 0.6) is 0 Å². The summed E-state index contributed by atoms with van der Waals surface area (Å²) in [6.07, 6.45) is 6.55. The van der Waals surface area contributed by atoms with E-state index in [1.54, 1.807) is 12.1 Å². The van der Waals surface area contributed by atoms with Gasteiger partial charge in [-0.1, -0.05) is 18.9 Å². The second-order valence-electron chi connectivity index (χ2n) is 6.34. The van der Waals surface area contributed by atoms with Crippen LogP contribution in [0.25, 0.3) is 0 Å². The van der Waals surface area contributed by atoms with Crippen LogP contribution in [0.3, 0.4) is 0 Å². The number of hydrogen-bond acceptors (Lipinski definition) is 6. The Morgan fingerprint density at radius 1 is 1.26 bits per heavy atom. The second kappa shape index (κ2) is 10.3. The molecule has 2 rings (SSSR count). The molecule has 0 aromatic carbocycles. The van der Waals surface area contributed by atoms with Crippen molar-refractivity contribution in [2.24, 2.45) is 0 Å². The predicted octanol–water partition coefficient (Wildman–Crippen LogP) is 2.02. The lowest BCUT2D eigenvalue weighted by Crippen LogP contribution is -2.44. The van der Waals surface area contributed by atoms with Gasteiger partial charge >= 0.3 is 12.0 Å². The van der Waals surface area contributed by atoms with Gasteiger partial charge in [0.05, 0.1) is 5.56 Å². The Hall–Kier alpha value is -2.90. The molecule has 0 aliphatic carbocycles. The minimum Gasteiger partial charge on any atom is -0.449 e. The Labute approximate surface area is 159 Å². The molecular formula is C19H26N4O4. The fourth-order valence-corrected chi connectivity index (χ4v) is 2.70. The molecule has 0 saturated carbocycles. The Bertz CT molecular complexity index is 667. The number of urea groups is 1. The number of imide groups is 1. The van der Waals surface area contributed by atoms with Crippen LogP contribution < -0.4 is 15.5 Å². The van der Waals surface area contributed by atoms with E-state index >= 15 is 0 Å². The number of aromatic nitrogens is 1. The Balaban J connectivity index is 1.88. The average molecular weight is 374 g/mol. The number of ether oxygens (including phenoxy) is 1. The van der Waals surface area contributed by atoms with Crippen molar-refractivity contribution < 1.29 is 19.1 Å². The van der Waals surface area contributed by atoms with Gasteiger partial charge in [-0.15, -0.1) is 6.58 Å². The van der Waals surface area contributed by atoms with E-state index in [9.17, 15) is 14.4 Å². The normalized spacial score (nSPS) is 15.2. The number of anilines is 1. The molecule has 2 N–H and O–H groups in total. The van der Waals surface area contributed by atoms with Crippen LogP contribution in [0, 0.1) is 0 Å². The Morgan fingerprint density at radius 2 is 1.96 bits per heavy atom. The van der Waals surface area contributed by atoms with Gasteiger partial charge < -0.3 is 15.0 Å². The smallest absolute Gasteiger partial charge is 0.340 e. The predicted molar refractivity (Wildman–Crippen MR) is 102 cm³/mol. The monoisotopic (exact) mass is 374 g/mol. The van der Waals surface area contributed by atoms with Gasteiger partial charge in [-0.25, -0.2) is 14.6 Å². The first-order valence-electron chi connectivity index (χ1n) is 9.13. The number of nitrogens with zero attached hydrogens (tertiary/aromatic N) is 2. The van der Waals surface area contributed by atoms with Gasteiger partial charge in [-0.3, -0.25) is 10.1 Å².